The van der Waals surface area contributed by atoms with E-state index in [1.54, 1.807) is 0 Å². The SMILES string of the molecule is Cc1cccc(C)c1NC(=O)c1cnc(Nc2ccc(N3CCN(CCCN(C)C)CC3)cc2)nc1Oc1ccc(F)cc1Cl. The number of piperazine rings is 1. The molecule has 1 amide bonds. The fourth-order valence-corrected chi connectivity index (χ4v) is 5.45. The molecule has 1 saturated heterocycles. The molecule has 1 aromatic heterocycles. The third-order valence-electron chi connectivity index (χ3n) is 7.76. The van der Waals surface area contributed by atoms with Gasteiger partial charge in [0.1, 0.15) is 17.1 Å². The molecule has 0 aliphatic carbocycles. The molecule has 236 valence electrons. The second kappa shape index (κ2) is 14.7. The van der Waals surface area contributed by atoms with E-state index in [0.717, 1.165) is 67.8 Å². The molecule has 1 aliphatic heterocycles. The van der Waals surface area contributed by atoms with E-state index < -0.39 is 11.7 Å². The summed E-state index contributed by atoms with van der Waals surface area (Å²) in [7, 11) is 4.22. The number of hydrogen-bond donors (Lipinski definition) is 2. The zero-order valence-electron chi connectivity index (χ0n) is 26.1. The third kappa shape index (κ3) is 8.48. The van der Waals surface area contributed by atoms with Gasteiger partial charge in [0.15, 0.2) is 0 Å². The van der Waals surface area contributed by atoms with Crippen LogP contribution in [-0.4, -0.2) is 79.0 Å². The summed E-state index contributed by atoms with van der Waals surface area (Å²) in [6, 6.07) is 17.6. The zero-order valence-corrected chi connectivity index (χ0v) is 26.9. The Labute approximate surface area is 269 Å². The molecule has 0 saturated carbocycles. The molecule has 1 aliphatic rings. The Morgan fingerprint density at radius 2 is 1.73 bits per heavy atom. The van der Waals surface area contributed by atoms with Crippen molar-refractivity contribution in [2.24, 2.45) is 0 Å². The van der Waals surface area contributed by atoms with Gasteiger partial charge in [-0.2, -0.15) is 4.98 Å². The zero-order chi connectivity index (χ0) is 31.9. The highest BCUT2D eigenvalue weighted by Crippen LogP contribution is 2.32. The normalized spacial score (nSPS) is 13.6. The van der Waals surface area contributed by atoms with Gasteiger partial charge in [0.2, 0.25) is 11.8 Å². The van der Waals surface area contributed by atoms with Crippen molar-refractivity contribution in [3.63, 3.8) is 0 Å². The molecular weight excluding hydrogens is 593 g/mol. The van der Waals surface area contributed by atoms with Gasteiger partial charge in [-0.15, -0.1) is 0 Å². The number of nitrogens with one attached hydrogen (secondary N) is 2. The van der Waals surface area contributed by atoms with Gasteiger partial charge in [0.25, 0.3) is 5.91 Å². The van der Waals surface area contributed by atoms with E-state index in [4.69, 9.17) is 16.3 Å². The molecule has 4 aromatic rings. The van der Waals surface area contributed by atoms with E-state index in [0.29, 0.717) is 5.69 Å². The largest absolute Gasteiger partial charge is 0.436 e. The monoisotopic (exact) mass is 631 g/mol. The van der Waals surface area contributed by atoms with Gasteiger partial charge < -0.3 is 25.2 Å². The van der Waals surface area contributed by atoms with Crippen LogP contribution < -0.4 is 20.3 Å². The van der Waals surface area contributed by atoms with E-state index in [1.807, 2.05) is 44.2 Å². The average Bonchev–Trinajstić information content (AvgIpc) is 3.01. The number of ether oxygens (including phenoxy) is 1. The molecule has 45 heavy (non-hydrogen) atoms. The lowest BCUT2D eigenvalue weighted by molar-refractivity contribution is 0.102. The van der Waals surface area contributed by atoms with Gasteiger partial charge in [-0.05, 0) is 101 Å². The number of carbonyl (C=O) groups is 1. The van der Waals surface area contributed by atoms with Crippen molar-refractivity contribution < 1.29 is 13.9 Å². The maximum atomic E-state index is 13.7. The van der Waals surface area contributed by atoms with Gasteiger partial charge >= 0.3 is 0 Å². The van der Waals surface area contributed by atoms with Gasteiger partial charge in [0, 0.05) is 49.4 Å². The summed E-state index contributed by atoms with van der Waals surface area (Å²) in [6.07, 6.45) is 2.58. The Kier molecular flexibility index (Phi) is 10.5. The smallest absolute Gasteiger partial charge is 0.262 e. The van der Waals surface area contributed by atoms with E-state index in [2.05, 4.69) is 61.5 Å². The molecule has 11 heteroatoms. The summed E-state index contributed by atoms with van der Waals surface area (Å²) in [5, 5.41) is 6.20. The molecule has 9 nitrogen and oxygen atoms in total. The van der Waals surface area contributed by atoms with Crippen LogP contribution in [0.5, 0.6) is 11.6 Å². The summed E-state index contributed by atoms with van der Waals surface area (Å²) < 4.78 is 19.7. The van der Waals surface area contributed by atoms with Gasteiger partial charge in [0.05, 0.1) is 5.02 Å². The first kappa shape index (κ1) is 32.2. The van der Waals surface area contributed by atoms with Crippen molar-refractivity contribution in [1.29, 1.82) is 0 Å². The summed E-state index contributed by atoms with van der Waals surface area (Å²) in [5.41, 5.74) is 4.55. The lowest BCUT2D eigenvalue weighted by atomic mass is 10.1. The molecule has 2 heterocycles. The quantitative estimate of drug-likeness (QED) is 0.188. The standard InChI is InChI=1S/C34H39ClFN7O2/c1-23-7-5-8-24(2)31(23)39-32(44)28-22-37-34(40-33(28)45-30-14-9-25(36)21-29(30)35)38-26-10-12-27(13-11-26)43-19-17-42(18-20-43)16-6-15-41(3)4/h5,7-14,21-22H,6,15-20H2,1-4H3,(H,39,44)(H,37,38,40). The van der Waals surface area contributed by atoms with Crippen LogP contribution >= 0.6 is 11.6 Å². The van der Waals surface area contributed by atoms with Gasteiger partial charge in [-0.1, -0.05) is 29.8 Å². The summed E-state index contributed by atoms with van der Waals surface area (Å²) in [5.74, 6) is -0.591. The summed E-state index contributed by atoms with van der Waals surface area (Å²) in [4.78, 5) is 29.5. The third-order valence-corrected chi connectivity index (χ3v) is 8.05. The first-order chi connectivity index (χ1) is 21.7. The molecule has 0 spiro atoms. The Balaban J connectivity index is 1.30. The molecular formula is C34H39ClFN7O2. The Morgan fingerprint density at radius 1 is 1.02 bits per heavy atom. The molecule has 5 rings (SSSR count). The molecule has 0 atom stereocenters. The van der Waals surface area contributed by atoms with Crippen LogP contribution in [0.3, 0.4) is 0 Å². The van der Waals surface area contributed by atoms with Crippen LogP contribution in [0, 0.1) is 19.7 Å². The van der Waals surface area contributed by atoms with Crippen LogP contribution in [0.4, 0.5) is 27.4 Å². The van der Waals surface area contributed by atoms with E-state index in [-0.39, 0.29) is 28.2 Å². The van der Waals surface area contributed by atoms with Crippen molar-refractivity contribution >= 4 is 40.5 Å². The summed E-state index contributed by atoms with van der Waals surface area (Å²) in [6.45, 7) is 10.1. The summed E-state index contributed by atoms with van der Waals surface area (Å²) >= 11 is 6.24. The maximum absolute atomic E-state index is 13.7. The lowest BCUT2D eigenvalue weighted by Crippen LogP contribution is -2.46. The maximum Gasteiger partial charge on any atom is 0.262 e. The molecule has 0 radical (unpaired) electrons. The van der Waals surface area contributed by atoms with Crippen LogP contribution in [0.1, 0.15) is 27.9 Å². The van der Waals surface area contributed by atoms with E-state index >= 15 is 0 Å². The number of amides is 1. The van der Waals surface area contributed by atoms with E-state index in [9.17, 15) is 9.18 Å². The average molecular weight is 632 g/mol. The second-order valence-corrected chi connectivity index (χ2v) is 11.9. The van der Waals surface area contributed by atoms with Crippen molar-refractivity contribution in [2.45, 2.75) is 20.3 Å². The van der Waals surface area contributed by atoms with Crippen molar-refractivity contribution in [3.8, 4) is 11.6 Å². The van der Waals surface area contributed by atoms with Crippen LogP contribution in [0.15, 0.2) is 66.9 Å². The topological polar surface area (TPSA) is 85.9 Å². The minimum Gasteiger partial charge on any atom is -0.436 e. The molecule has 3 aromatic carbocycles. The molecule has 1 fully saturated rings. The van der Waals surface area contributed by atoms with Crippen molar-refractivity contribution in [2.75, 3.05) is 68.9 Å². The number of aromatic nitrogens is 2. The Bertz CT molecular complexity index is 1610. The Morgan fingerprint density at radius 3 is 2.40 bits per heavy atom. The number of para-hydroxylation sites is 1. The number of rotatable bonds is 11. The second-order valence-electron chi connectivity index (χ2n) is 11.5. The predicted octanol–water partition coefficient (Wildman–Crippen LogP) is 6.75. The van der Waals surface area contributed by atoms with Crippen LogP contribution in [0.2, 0.25) is 5.02 Å². The predicted molar refractivity (Wildman–Crippen MR) is 179 cm³/mol. The number of anilines is 4. The molecule has 2 N–H and O–H groups in total. The number of nitrogens with zero attached hydrogens (tertiary/aromatic N) is 5. The van der Waals surface area contributed by atoms with Crippen LogP contribution in [-0.2, 0) is 0 Å². The fraction of sp³-hybridized carbons (Fsp3) is 0.324. The highest BCUT2D eigenvalue weighted by molar-refractivity contribution is 6.32. The number of hydrogen-bond acceptors (Lipinski definition) is 8. The molecule has 0 bridgehead atoms. The molecule has 0 unspecified atom stereocenters. The minimum absolute atomic E-state index is 0.0233. The Hall–Kier alpha value is -4.25. The first-order valence-corrected chi connectivity index (χ1v) is 15.4. The fourth-order valence-electron chi connectivity index (χ4n) is 5.24. The number of benzene rings is 3. The number of aryl methyl sites for hydroxylation is 2. The highest BCUT2D eigenvalue weighted by atomic mass is 35.5. The number of carbonyl (C=O) groups excluding carboxylic acids is 1. The lowest BCUT2D eigenvalue weighted by Gasteiger charge is -2.36. The van der Waals surface area contributed by atoms with Gasteiger partial charge in [-0.25, -0.2) is 9.37 Å². The number of halogens is 2. The first-order valence-electron chi connectivity index (χ1n) is 15.0. The van der Waals surface area contributed by atoms with Gasteiger partial charge in [-0.3, -0.25) is 9.69 Å². The minimum atomic E-state index is -0.504. The van der Waals surface area contributed by atoms with Crippen molar-refractivity contribution in [1.82, 2.24) is 19.8 Å². The van der Waals surface area contributed by atoms with Crippen molar-refractivity contribution in [3.05, 3.63) is 94.4 Å². The highest BCUT2D eigenvalue weighted by Gasteiger charge is 2.21. The van der Waals surface area contributed by atoms with E-state index in [1.165, 1.54) is 24.8 Å². The van der Waals surface area contributed by atoms with Crippen LogP contribution in [0.25, 0.3) is 0 Å².